The summed E-state index contributed by atoms with van der Waals surface area (Å²) in [4.78, 5) is 0. The van der Waals surface area contributed by atoms with Gasteiger partial charge in [-0.25, -0.2) is 0 Å². The van der Waals surface area contributed by atoms with Gasteiger partial charge < -0.3 is 0 Å². The lowest BCUT2D eigenvalue weighted by Crippen LogP contribution is -2.03. The SMILES string of the molecule is Clc1cc2c3c(nnc2cc1Br)CCC31CC1. The van der Waals surface area contributed by atoms with Gasteiger partial charge in [0, 0.05) is 9.86 Å². The minimum Gasteiger partial charge on any atom is -0.155 e. The van der Waals surface area contributed by atoms with Crippen LogP contribution in [-0.4, -0.2) is 10.2 Å². The van der Waals surface area contributed by atoms with Crippen LogP contribution in [0.15, 0.2) is 16.6 Å². The number of aromatic nitrogens is 2. The molecule has 0 unspecified atom stereocenters. The molecule has 0 radical (unpaired) electrons. The van der Waals surface area contributed by atoms with Crippen molar-refractivity contribution in [1.29, 1.82) is 0 Å². The molecule has 4 heteroatoms. The zero-order valence-corrected chi connectivity index (χ0v) is 11.5. The van der Waals surface area contributed by atoms with Gasteiger partial charge in [-0.05, 0) is 64.7 Å². The molecule has 0 amide bonds. The molecule has 1 saturated carbocycles. The van der Waals surface area contributed by atoms with Crippen LogP contribution in [0.2, 0.25) is 5.02 Å². The van der Waals surface area contributed by atoms with Crippen LogP contribution in [0.3, 0.4) is 0 Å². The standard InChI is InChI=1S/C13H10BrClN2/c14-8-6-11-7(5-9(8)15)12-10(16-17-11)1-2-13(12)3-4-13/h5-6H,1-4H2. The third-order valence-electron chi connectivity index (χ3n) is 4.10. The quantitative estimate of drug-likeness (QED) is 0.734. The third kappa shape index (κ3) is 1.33. The summed E-state index contributed by atoms with van der Waals surface area (Å²) in [5, 5.41) is 10.7. The zero-order valence-electron chi connectivity index (χ0n) is 9.13. The molecule has 1 fully saturated rings. The van der Waals surface area contributed by atoms with Gasteiger partial charge in [-0.2, -0.15) is 10.2 Å². The number of aryl methyl sites for hydroxylation is 1. The van der Waals surface area contributed by atoms with E-state index in [0.29, 0.717) is 5.41 Å². The summed E-state index contributed by atoms with van der Waals surface area (Å²) in [7, 11) is 0. The predicted molar refractivity (Wildman–Crippen MR) is 71.5 cm³/mol. The summed E-state index contributed by atoms with van der Waals surface area (Å²) in [6.07, 6.45) is 4.92. The molecular weight excluding hydrogens is 300 g/mol. The van der Waals surface area contributed by atoms with Crippen molar-refractivity contribution in [1.82, 2.24) is 10.2 Å². The number of hydrogen-bond donors (Lipinski definition) is 0. The molecule has 2 nitrogen and oxygen atoms in total. The second-order valence-corrected chi connectivity index (χ2v) is 6.35. The number of benzene rings is 1. The fourth-order valence-corrected chi connectivity index (χ4v) is 3.53. The van der Waals surface area contributed by atoms with E-state index in [1.54, 1.807) is 0 Å². The molecule has 0 aliphatic heterocycles. The highest BCUT2D eigenvalue weighted by Crippen LogP contribution is 2.58. The van der Waals surface area contributed by atoms with Gasteiger partial charge >= 0.3 is 0 Å². The van der Waals surface area contributed by atoms with Crippen molar-refractivity contribution in [2.24, 2.45) is 0 Å². The molecule has 86 valence electrons. The molecule has 2 aliphatic rings. The average molecular weight is 310 g/mol. The Labute approximate surface area is 113 Å². The van der Waals surface area contributed by atoms with E-state index in [-0.39, 0.29) is 0 Å². The molecule has 1 spiro atoms. The summed E-state index contributed by atoms with van der Waals surface area (Å²) in [5.41, 5.74) is 3.99. The summed E-state index contributed by atoms with van der Waals surface area (Å²) in [6.45, 7) is 0. The van der Waals surface area contributed by atoms with E-state index in [1.807, 2.05) is 12.1 Å². The fraction of sp³-hybridized carbons (Fsp3) is 0.385. The van der Waals surface area contributed by atoms with E-state index in [2.05, 4.69) is 26.1 Å². The molecule has 1 aromatic carbocycles. The molecule has 2 aromatic rings. The lowest BCUT2D eigenvalue weighted by molar-refractivity contribution is 0.684. The van der Waals surface area contributed by atoms with Gasteiger partial charge in [-0.1, -0.05) is 11.6 Å². The van der Waals surface area contributed by atoms with Crippen molar-refractivity contribution in [2.45, 2.75) is 31.1 Å². The Kier molecular flexibility index (Phi) is 1.94. The Morgan fingerprint density at radius 2 is 2.00 bits per heavy atom. The van der Waals surface area contributed by atoms with Gasteiger partial charge in [0.15, 0.2) is 0 Å². The van der Waals surface area contributed by atoms with Crippen LogP contribution in [0.5, 0.6) is 0 Å². The van der Waals surface area contributed by atoms with E-state index in [1.165, 1.54) is 35.9 Å². The molecule has 0 bridgehead atoms. The number of halogens is 2. The van der Waals surface area contributed by atoms with Gasteiger partial charge in [-0.3, -0.25) is 0 Å². The first-order valence-electron chi connectivity index (χ1n) is 5.84. The van der Waals surface area contributed by atoms with Crippen LogP contribution in [0.4, 0.5) is 0 Å². The molecular formula is C13H10BrClN2. The van der Waals surface area contributed by atoms with Crippen LogP contribution < -0.4 is 0 Å². The lowest BCUT2D eigenvalue weighted by Gasteiger charge is -2.11. The first-order chi connectivity index (χ1) is 8.20. The zero-order chi connectivity index (χ0) is 11.6. The topological polar surface area (TPSA) is 25.8 Å². The van der Waals surface area contributed by atoms with Crippen LogP contribution in [0, 0.1) is 0 Å². The average Bonchev–Trinajstić information content (AvgIpc) is 2.98. The van der Waals surface area contributed by atoms with E-state index in [9.17, 15) is 0 Å². The van der Waals surface area contributed by atoms with Gasteiger partial charge in [-0.15, -0.1) is 0 Å². The van der Waals surface area contributed by atoms with Crippen LogP contribution in [0.25, 0.3) is 10.9 Å². The Hall–Kier alpha value is -0.670. The van der Waals surface area contributed by atoms with E-state index < -0.39 is 0 Å². The molecule has 0 atom stereocenters. The van der Waals surface area contributed by atoms with E-state index >= 15 is 0 Å². The van der Waals surface area contributed by atoms with E-state index in [4.69, 9.17) is 11.6 Å². The van der Waals surface area contributed by atoms with E-state index in [0.717, 1.165) is 21.4 Å². The maximum atomic E-state index is 6.21. The highest BCUT2D eigenvalue weighted by Gasteiger charge is 2.50. The molecule has 17 heavy (non-hydrogen) atoms. The Morgan fingerprint density at radius 3 is 2.76 bits per heavy atom. The summed E-state index contributed by atoms with van der Waals surface area (Å²) in [5.74, 6) is 0. The predicted octanol–water partition coefficient (Wildman–Crippen LogP) is 4.02. The molecule has 2 aliphatic carbocycles. The maximum absolute atomic E-state index is 6.21. The minimum atomic E-state index is 0.417. The van der Waals surface area contributed by atoms with Gasteiger partial charge in [0.1, 0.15) is 0 Å². The normalized spacial score (nSPS) is 19.9. The van der Waals surface area contributed by atoms with Gasteiger partial charge in [0.25, 0.3) is 0 Å². The van der Waals surface area contributed by atoms with Crippen LogP contribution >= 0.6 is 27.5 Å². The number of hydrogen-bond acceptors (Lipinski definition) is 2. The highest BCUT2D eigenvalue weighted by atomic mass is 79.9. The second kappa shape index (κ2) is 3.21. The second-order valence-electron chi connectivity index (χ2n) is 5.09. The molecule has 4 rings (SSSR count). The smallest absolute Gasteiger partial charge is 0.0945 e. The maximum Gasteiger partial charge on any atom is 0.0945 e. The highest BCUT2D eigenvalue weighted by molar-refractivity contribution is 9.10. The Balaban J connectivity index is 2.12. The van der Waals surface area contributed by atoms with Crippen molar-refractivity contribution >= 4 is 38.4 Å². The Bertz CT molecular complexity index is 649. The molecule has 1 aromatic heterocycles. The minimum absolute atomic E-state index is 0.417. The van der Waals surface area contributed by atoms with Crippen molar-refractivity contribution in [3.05, 3.63) is 32.9 Å². The first kappa shape index (κ1) is 10.3. The first-order valence-corrected chi connectivity index (χ1v) is 7.02. The van der Waals surface area contributed by atoms with Crippen molar-refractivity contribution < 1.29 is 0 Å². The Morgan fingerprint density at radius 1 is 1.18 bits per heavy atom. The number of rotatable bonds is 0. The number of nitrogens with zero attached hydrogens (tertiary/aromatic N) is 2. The fourth-order valence-electron chi connectivity index (χ4n) is 3.04. The van der Waals surface area contributed by atoms with Gasteiger partial charge in [0.05, 0.1) is 16.2 Å². The molecule has 1 heterocycles. The monoisotopic (exact) mass is 308 g/mol. The molecule has 0 N–H and O–H groups in total. The van der Waals surface area contributed by atoms with Crippen LogP contribution in [0.1, 0.15) is 30.5 Å². The largest absolute Gasteiger partial charge is 0.155 e. The van der Waals surface area contributed by atoms with Crippen molar-refractivity contribution in [2.75, 3.05) is 0 Å². The van der Waals surface area contributed by atoms with Crippen molar-refractivity contribution in [3.8, 4) is 0 Å². The van der Waals surface area contributed by atoms with Crippen LogP contribution in [-0.2, 0) is 11.8 Å². The van der Waals surface area contributed by atoms with Gasteiger partial charge in [0.2, 0.25) is 0 Å². The molecule has 0 saturated heterocycles. The third-order valence-corrected chi connectivity index (χ3v) is 5.30. The summed E-state index contributed by atoms with van der Waals surface area (Å²) < 4.78 is 0.892. The lowest BCUT2D eigenvalue weighted by atomic mass is 9.96. The van der Waals surface area contributed by atoms with Crippen molar-refractivity contribution in [3.63, 3.8) is 0 Å². The summed E-state index contributed by atoms with van der Waals surface area (Å²) >= 11 is 9.65. The summed E-state index contributed by atoms with van der Waals surface area (Å²) in [6, 6.07) is 4.01. The number of fused-ring (bicyclic) bond motifs is 4.